The van der Waals surface area contributed by atoms with Gasteiger partial charge in [-0.25, -0.2) is 8.42 Å². The lowest BCUT2D eigenvalue weighted by atomic mass is 9.99. The minimum Gasteiger partial charge on any atom is -0.309 e. The highest BCUT2D eigenvalue weighted by molar-refractivity contribution is 7.92. The van der Waals surface area contributed by atoms with Crippen molar-refractivity contribution >= 4 is 9.84 Å². The highest BCUT2D eigenvalue weighted by atomic mass is 32.2. The zero-order valence-corrected chi connectivity index (χ0v) is 14.2. The molecular weight excluding hydrogens is 270 g/mol. The summed E-state index contributed by atoms with van der Waals surface area (Å²) in [4.78, 5) is 0. The predicted molar refractivity (Wildman–Crippen MR) is 85.9 cm³/mol. The first-order valence-electron chi connectivity index (χ1n) is 7.07. The minimum absolute atomic E-state index is 0.136. The van der Waals surface area contributed by atoms with Crippen LogP contribution in [0.4, 0.5) is 0 Å². The molecule has 0 aliphatic carbocycles. The molecule has 1 N–H and O–H groups in total. The molecule has 0 bridgehead atoms. The van der Waals surface area contributed by atoms with E-state index < -0.39 is 14.6 Å². The molecule has 0 radical (unpaired) electrons. The van der Waals surface area contributed by atoms with E-state index in [1.165, 1.54) is 17.4 Å². The molecule has 0 saturated heterocycles. The Labute approximate surface area is 123 Å². The van der Waals surface area contributed by atoms with Crippen LogP contribution in [-0.4, -0.2) is 26.0 Å². The molecule has 114 valence electrons. The summed E-state index contributed by atoms with van der Waals surface area (Å²) < 4.78 is 22.6. The molecule has 0 aliphatic rings. The van der Waals surface area contributed by atoms with Crippen LogP contribution in [0.1, 0.15) is 57.7 Å². The Morgan fingerprint density at radius 3 is 1.90 bits per heavy atom. The number of sulfone groups is 1. The molecule has 1 aromatic carbocycles. The van der Waals surface area contributed by atoms with Gasteiger partial charge >= 0.3 is 0 Å². The third-order valence-electron chi connectivity index (χ3n) is 3.94. The minimum atomic E-state index is -3.06. The van der Waals surface area contributed by atoms with Gasteiger partial charge in [-0.05, 0) is 37.8 Å². The van der Waals surface area contributed by atoms with Crippen molar-refractivity contribution in [3.63, 3.8) is 0 Å². The maximum absolute atomic E-state index is 11.7. The average Bonchev–Trinajstić information content (AvgIpc) is 2.34. The molecule has 1 atom stereocenters. The van der Waals surface area contributed by atoms with E-state index in [9.17, 15) is 8.42 Å². The number of hydrogen-bond donors (Lipinski definition) is 1. The lowest BCUT2D eigenvalue weighted by Crippen LogP contribution is -2.42. The van der Waals surface area contributed by atoms with E-state index in [-0.39, 0.29) is 6.04 Å². The van der Waals surface area contributed by atoms with Crippen LogP contribution in [-0.2, 0) is 9.84 Å². The number of hydrogen-bond acceptors (Lipinski definition) is 3. The van der Waals surface area contributed by atoms with Crippen LogP contribution in [0.2, 0.25) is 0 Å². The van der Waals surface area contributed by atoms with Crippen LogP contribution in [0, 0.1) is 0 Å². The Hall–Kier alpha value is -0.870. The monoisotopic (exact) mass is 297 g/mol. The van der Waals surface area contributed by atoms with Gasteiger partial charge in [-0.3, -0.25) is 0 Å². The molecule has 1 aromatic rings. The van der Waals surface area contributed by atoms with Crippen LogP contribution >= 0.6 is 0 Å². The Kier molecular flexibility index (Phi) is 5.39. The predicted octanol–water partition coefficient (Wildman–Crippen LogP) is 3.28. The van der Waals surface area contributed by atoms with Gasteiger partial charge in [0.25, 0.3) is 0 Å². The van der Waals surface area contributed by atoms with Gasteiger partial charge in [-0.2, -0.15) is 0 Å². The summed E-state index contributed by atoms with van der Waals surface area (Å²) in [6.07, 6.45) is 1.29. The molecule has 3 nitrogen and oxygen atoms in total. The first-order chi connectivity index (χ1) is 9.04. The molecule has 20 heavy (non-hydrogen) atoms. The van der Waals surface area contributed by atoms with Gasteiger partial charge in [0.15, 0.2) is 9.84 Å². The Bertz CT molecular complexity index is 530. The van der Waals surface area contributed by atoms with Crippen molar-refractivity contribution in [2.45, 2.75) is 51.3 Å². The zero-order valence-electron chi connectivity index (χ0n) is 13.4. The average molecular weight is 297 g/mol. The number of rotatable bonds is 6. The van der Waals surface area contributed by atoms with Gasteiger partial charge in [0.1, 0.15) is 0 Å². The van der Waals surface area contributed by atoms with E-state index >= 15 is 0 Å². The standard InChI is InChI=1S/C16H27NO2S/c1-12(2)14-7-9-15(10-8-14)13(3)17-11-16(4,5)20(6,18)19/h7-10,12-13,17H,11H2,1-6H3. The SMILES string of the molecule is CC(C)c1ccc(C(C)NCC(C)(C)S(C)(=O)=O)cc1. The molecule has 0 heterocycles. The normalized spacial score (nSPS) is 14.6. The van der Waals surface area contributed by atoms with Crippen molar-refractivity contribution in [1.82, 2.24) is 5.32 Å². The molecule has 0 spiro atoms. The summed E-state index contributed by atoms with van der Waals surface area (Å²) in [6, 6.07) is 8.64. The van der Waals surface area contributed by atoms with Crippen molar-refractivity contribution in [3.8, 4) is 0 Å². The molecule has 1 rings (SSSR count). The number of nitrogens with one attached hydrogen (secondary N) is 1. The summed E-state index contributed by atoms with van der Waals surface area (Å²) in [7, 11) is -3.06. The first kappa shape index (κ1) is 17.2. The second kappa shape index (κ2) is 6.27. The van der Waals surface area contributed by atoms with Crippen molar-refractivity contribution in [2.24, 2.45) is 0 Å². The van der Waals surface area contributed by atoms with Gasteiger partial charge in [-0.15, -0.1) is 0 Å². The van der Waals surface area contributed by atoms with Gasteiger partial charge in [0, 0.05) is 18.8 Å². The van der Waals surface area contributed by atoms with Crippen molar-refractivity contribution in [2.75, 3.05) is 12.8 Å². The van der Waals surface area contributed by atoms with Crippen molar-refractivity contribution in [3.05, 3.63) is 35.4 Å². The van der Waals surface area contributed by atoms with Gasteiger partial charge in [-0.1, -0.05) is 38.1 Å². The Balaban J connectivity index is 2.70. The summed E-state index contributed by atoms with van der Waals surface area (Å²) in [5, 5.41) is 3.32. The largest absolute Gasteiger partial charge is 0.309 e. The van der Waals surface area contributed by atoms with Crippen LogP contribution < -0.4 is 5.32 Å². The van der Waals surface area contributed by atoms with Gasteiger partial charge in [0.2, 0.25) is 0 Å². The smallest absolute Gasteiger partial charge is 0.153 e. The molecular formula is C16H27NO2S. The van der Waals surface area contributed by atoms with E-state index in [2.05, 4.69) is 50.4 Å². The van der Waals surface area contributed by atoms with Gasteiger partial charge in [0.05, 0.1) is 4.75 Å². The molecule has 0 fully saturated rings. The third-order valence-corrected chi connectivity index (χ3v) is 6.09. The summed E-state index contributed by atoms with van der Waals surface area (Å²) in [6.45, 7) is 10.4. The zero-order chi connectivity index (χ0) is 15.6. The first-order valence-corrected chi connectivity index (χ1v) is 8.96. The van der Waals surface area contributed by atoms with Crippen molar-refractivity contribution in [1.29, 1.82) is 0 Å². The van der Waals surface area contributed by atoms with E-state index in [1.807, 2.05) is 0 Å². The molecule has 1 unspecified atom stereocenters. The fourth-order valence-corrected chi connectivity index (χ4v) is 2.16. The molecule has 0 saturated carbocycles. The van der Waals surface area contributed by atoms with E-state index in [1.54, 1.807) is 13.8 Å². The van der Waals surface area contributed by atoms with Gasteiger partial charge < -0.3 is 5.32 Å². The Morgan fingerprint density at radius 2 is 1.50 bits per heavy atom. The topological polar surface area (TPSA) is 46.2 Å². The number of benzene rings is 1. The van der Waals surface area contributed by atoms with E-state index in [0.29, 0.717) is 12.5 Å². The quantitative estimate of drug-likeness (QED) is 0.876. The highest BCUT2D eigenvalue weighted by Crippen LogP contribution is 2.20. The maximum atomic E-state index is 11.7. The van der Waals surface area contributed by atoms with Crippen LogP contribution in [0.15, 0.2) is 24.3 Å². The van der Waals surface area contributed by atoms with Crippen LogP contribution in [0.25, 0.3) is 0 Å². The van der Waals surface area contributed by atoms with Crippen LogP contribution in [0.3, 0.4) is 0 Å². The lowest BCUT2D eigenvalue weighted by molar-refractivity contribution is 0.489. The molecule has 0 aliphatic heterocycles. The van der Waals surface area contributed by atoms with Crippen LogP contribution in [0.5, 0.6) is 0 Å². The lowest BCUT2D eigenvalue weighted by Gasteiger charge is -2.25. The summed E-state index contributed by atoms with van der Waals surface area (Å²) in [5.74, 6) is 0.525. The second-order valence-electron chi connectivity index (χ2n) is 6.46. The van der Waals surface area contributed by atoms with E-state index in [0.717, 1.165) is 0 Å². The van der Waals surface area contributed by atoms with E-state index in [4.69, 9.17) is 0 Å². The Morgan fingerprint density at radius 1 is 1.05 bits per heavy atom. The summed E-state index contributed by atoms with van der Waals surface area (Å²) in [5.41, 5.74) is 2.50. The molecule has 0 aromatic heterocycles. The molecule has 4 heteroatoms. The summed E-state index contributed by atoms with van der Waals surface area (Å²) >= 11 is 0. The fraction of sp³-hybridized carbons (Fsp3) is 0.625. The van der Waals surface area contributed by atoms with Crippen molar-refractivity contribution < 1.29 is 8.42 Å². The highest BCUT2D eigenvalue weighted by Gasteiger charge is 2.30. The maximum Gasteiger partial charge on any atom is 0.153 e. The second-order valence-corrected chi connectivity index (χ2v) is 9.11. The third kappa shape index (κ3) is 4.32. The molecule has 0 amide bonds. The fourth-order valence-electron chi connectivity index (χ4n) is 1.82.